The fourth-order valence-corrected chi connectivity index (χ4v) is 2.04. The van der Waals surface area contributed by atoms with Crippen molar-refractivity contribution in [2.45, 2.75) is 32.2 Å². The number of H-pyrrole nitrogens is 1. The van der Waals surface area contributed by atoms with Gasteiger partial charge in [0.05, 0.1) is 23.0 Å². The molecule has 0 aliphatic heterocycles. The smallest absolute Gasteiger partial charge is 0.135 e. The van der Waals surface area contributed by atoms with Crippen molar-refractivity contribution in [1.82, 2.24) is 9.97 Å². The first-order valence-electron chi connectivity index (χ1n) is 6.30. The van der Waals surface area contributed by atoms with Crippen molar-refractivity contribution in [2.24, 2.45) is 5.73 Å². The number of aromatic nitrogens is 2. The second-order valence-corrected chi connectivity index (χ2v) is 4.61. The molecule has 0 radical (unpaired) electrons. The van der Waals surface area contributed by atoms with Crippen molar-refractivity contribution in [1.29, 1.82) is 0 Å². The van der Waals surface area contributed by atoms with Gasteiger partial charge in [-0.15, -0.1) is 0 Å². The first-order valence-corrected chi connectivity index (χ1v) is 6.30. The maximum absolute atomic E-state index is 13.7. The van der Waals surface area contributed by atoms with Gasteiger partial charge in [0.25, 0.3) is 0 Å². The second kappa shape index (κ2) is 5.09. The monoisotopic (exact) mass is 265 g/mol. The molecule has 2 rings (SSSR count). The Morgan fingerprint density at radius 3 is 2.32 bits per heavy atom. The third kappa shape index (κ3) is 2.38. The number of hydrogen-bond donors (Lipinski definition) is 2. The molecule has 1 aromatic heterocycles. The summed E-state index contributed by atoms with van der Waals surface area (Å²) in [4.78, 5) is 7.11. The van der Waals surface area contributed by atoms with Crippen LogP contribution in [0.15, 0.2) is 24.4 Å². The number of nitrogens with zero attached hydrogens (tertiary/aromatic N) is 1. The average molecular weight is 265 g/mol. The van der Waals surface area contributed by atoms with Gasteiger partial charge in [0.15, 0.2) is 0 Å². The minimum Gasteiger partial charge on any atom is -0.340 e. The molecule has 0 atom stereocenters. The molecule has 19 heavy (non-hydrogen) atoms. The summed E-state index contributed by atoms with van der Waals surface area (Å²) in [5, 5.41) is 0. The molecule has 0 bridgehead atoms. The molecule has 3 nitrogen and oxygen atoms in total. The molecule has 102 valence electrons. The Bertz CT molecular complexity index is 554. The topological polar surface area (TPSA) is 54.7 Å². The summed E-state index contributed by atoms with van der Waals surface area (Å²) in [7, 11) is 0. The van der Waals surface area contributed by atoms with Crippen LogP contribution >= 0.6 is 0 Å². The zero-order valence-corrected chi connectivity index (χ0v) is 11.0. The Labute approximate surface area is 110 Å². The van der Waals surface area contributed by atoms with E-state index in [9.17, 15) is 8.78 Å². The van der Waals surface area contributed by atoms with Crippen molar-refractivity contribution in [3.8, 4) is 11.3 Å². The fraction of sp³-hybridized carbons (Fsp3) is 0.357. The van der Waals surface area contributed by atoms with Gasteiger partial charge in [-0.25, -0.2) is 13.8 Å². The van der Waals surface area contributed by atoms with Gasteiger partial charge >= 0.3 is 0 Å². The lowest BCUT2D eigenvalue weighted by atomic mass is 9.93. The highest BCUT2D eigenvalue weighted by molar-refractivity contribution is 5.60. The van der Waals surface area contributed by atoms with E-state index in [1.165, 1.54) is 24.4 Å². The third-order valence-corrected chi connectivity index (χ3v) is 3.54. The van der Waals surface area contributed by atoms with Crippen molar-refractivity contribution in [3.63, 3.8) is 0 Å². The Kier molecular flexibility index (Phi) is 3.66. The van der Waals surface area contributed by atoms with Crippen LogP contribution in [0.5, 0.6) is 0 Å². The summed E-state index contributed by atoms with van der Waals surface area (Å²) < 4.78 is 27.4. The summed E-state index contributed by atoms with van der Waals surface area (Å²) in [6.45, 7) is 3.91. The SMILES string of the molecule is CCC(N)(CC)c1ncc(-c2c(F)cccc2F)[nH]1. The summed E-state index contributed by atoms with van der Waals surface area (Å²) in [6.07, 6.45) is 2.80. The van der Waals surface area contributed by atoms with Crippen LogP contribution in [-0.4, -0.2) is 9.97 Å². The highest BCUT2D eigenvalue weighted by Crippen LogP contribution is 2.28. The van der Waals surface area contributed by atoms with Crippen LogP contribution in [0.1, 0.15) is 32.5 Å². The first kappa shape index (κ1) is 13.7. The zero-order chi connectivity index (χ0) is 14.0. The standard InChI is InChI=1S/C14H17F2N3/c1-3-14(17,4-2)13-18-8-11(19-13)12-9(15)6-5-7-10(12)16/h5-8H,3-4,17H2,1-2H3,(H,18,19). The molecular formula is C14H17F2N3. The number of aromatic amines is 1. The molecule has 3 N–H and O–H groups in total. The van der Waals surface area contributed by atoms with E-state index in [-0.39, 0.29) is 5.56 Å². The molecule has 5 heteroatoms. The summed E-state index contributed by atoms with van der Waals surface area (Å²) in [5.74, 6) is -0.688. The van der Waals surface area contributed by atoms with Crippen LogP contribution in [0.4, 0.5) is 8.78 Å². The zero-order valence-electron chi connectivity index (χ0n) is 11.0. The number of imidazole rings is 1. The molecule has 0 spiro atoms. The average Bonchev–Trinajstić information content (AvgIpc) is 2.87. The van der Waals surface area contributed by atoms with Crippen molar-refractivity contribution in [2.75, 3.05) is 0 Å². The summed E-state index contributed by atoms with van der Waals surface area (Å²) in [5.41, 5.74) is 5.81. The van der Waals surface area contributed by atoms with Gasteiger partial charge in [0.2, 0.25) is 0 Å². The number of rotatable bonds is 4. The Morgan fingerprint density at radius 2 is 1.79 bits per heavy atom. The number of halogens is 2. The van der Waals surface area contributed by atoms with E-state index in [1.54, 1.807) is 0 Å². The van der Waals surface area contributed by atoms with Crippen LogP contribution in [0.25, 0.3) is 11.3 Å². The number of hydrogen-bond acceptors (Lipinski definition) is 2. The molecule has 2 aromatic rings. The van der Waals surface area contributed by atoms with Gasteiger partial charge in [-0.2, -0.15) is 0 Å². The Hall–Kier alpha value is -1.75. The highest BCUT2D eigenvalue weighted by atomic mass is 19.1. The molecule has 0 unspecified atom stereocenters. The van der Waals surface area contributed by atoms with Crippen LogP contribution in [-0.2, 0) is 5.54 Å². The maximum atomic E-state index is 13.7. The lowest BCUT2D eigenvalue weighted by Crippen LogP contribution is -2.36. The highest BCUT2D eigenvalue weighted by Gasteiger charge is 2.27. The molecule has 1 heterocycles. The van der Waals surface area contributed by atoms with E-state index < -0.39 is 17.2 Å². The van der Waals surface area contributed by atoms with Gasteiger partial charge in [0.1, 0.15) is 17.5 Å². The molecule has 0 aliphatic rings. The Morgan fingerprint density at radius 1 is 1.21 bits per heavy atom. The number of benzene rings is 1. The van der Waals surface area contributed by atoms with Crippen LogP contribution in [0.3, 0.4) is 0 Å². The van der Waals surface area contributed by atoms with E-state index in [0.717, 1.165) is 0 Å². The molecule has 1 aromatic carbocycles. The predicted molar refractivity (Wildman–Crippen MR) is 70.4 cm³/mol. The minimum absolute atomic E-state index is 0.101. The van der Waals surface area contributed by atoms with Crippen LogP contribution < -0.4 is 5.73 Å². The number of nitrogens with two attached hydrogens (primary N) is 1. The van der Waals surface area contributed by atoms with E-state index >= 15 is 0 Å². The van der Waals surface area contributed by atoms with Gasteiger partial charge in [-0.1, -0.05) is 19.9 Å². The number of nitrogens with one attached hydrogen (secondary N) is 1. The van der Waals surface area contributed by atoms with Gasteiger partial charge in [-0.3, -0.25) is 0 Å². The first-order chi connectivity index (χ1) is 9.01. The molecule has 0 saturated heterocycles. The fourth-order valence-electron chi connectivity index (χ4n) is 2.04. The summed E-state index contributed by atoms with van der Waals surface area (Å²) >= 11 is 0. The predicted octanol–water partition coefficient (Wildman–Crippen LogP) is 3.33. The largest absolute Gasteiger partial charge is 0.340 e. The van der Waals surface area contributed by atoms with Gasteiger partial charge in [-0.05, 0) is 25.0 Å². The van der Waals surface area contributed by atoms with E-state index in [0.29, 0.717) is 24.4 Å². The normalized spacial score (nSPS) is 11.8. The van der Waals surface area contributed by atoms with E-state index in [4.69, 9.17) is 5.73 Å². The molecule has 0 fully saturated rings. The van der Waals surface area contributed by atoms with Crippen molar-refractivity contribution in [3.05, 3.63) is 41.9 Å². The maximum Gasteiger partial charge on any atom is 0.135 e. The van der Waals surface area contributed by atoms with Gasteiger partial charge in [0, 0.05) is 0 Å². The lowest BCUT2D eigenvalue weighted by Gasteiger charge is -2.23. The lowest BCUT2D eigenvalue weighted by molar-refractivity contribution is 0.391. The third-order valence-electron chi connectivity index (χ3n) is 3.54. The quantitative estimate of drug-likeness (QED) is 0.891. The molecule has 0 saturated carbocycles. The Balaban J connectivity index is 2.47. The van der Waals surface area contributed by atoms with Gasteiger partial charge < -0.3 is 10.7 Å². The van der Waals surface area contributed by atoms with Crippen LogP contribution in [0.2, 0.25) is 0 Å². The summed E-state index contributed by atoms with van der Waals surface area (Å²) in [6, 6.07) is 3.76. The molecule has 0 amide bonds. The van der Waals surface area contributed by atoms with Crippen molar-refractivity contribution < 1.29 is 8.78 Å². The van der Waals surface area contributed by atoms with Crippen LogP contribution in [0, 0.1) is 11.6 Å². The van der Waals surface area contributed by atoms with E-state index in [1.807, 2.05) is 13.8 Å². The van der Waals surface area contributed by atoms with E-state index in [2.05, 4.69) is 9.97 Å². The molecular weight excluding hydrogens is 248 g/mol. The second-order valence-electron chi connectivity index (χ2n) is 4.61. The molecule has 0 aliphatic carbocycles. The minimum atomic E-state index is -0.620. The van der Waals surface area contributed by atoms with Crippen molar-refractivity contribution >= 4 is 0 Å².